The summed E-state index contributed by atoms with van der Waals surface area (Å²) >= 11 is 0. The fourth-order valence-electron chi connectivity index (χ4n) is 4.93. The highest BCUT2D eigenvalue weighted by molar-refractivity contribution is 5.87. The van der Waals surface area contributed by atoms with Gasteiger partial charge in [-0.25, -0.2) is 4.79 Å². The van der Waals surface area contributed by atoms with Crippen molar-refractivity contribution in [3.8, 4) is 11.1 Å². The molecule has 2 aromatic rings. The second-order valence-corrected chi connectivity index (χ2v) is 8.88. The van der Waals surface area contributed by atoms with Crippen LogP contribution >= 0.6 is 0 Å². The fourth-order valence-corrected chi connectivity index (χ4v) is 4.93. The van der Waals surface area contributed by atoms with Crippen LogP contribution in [0.1, 0.15) is 36.8 Å². The molecule has 2 aromatic carbocycles. The number of nitrogens with zero attached hydrogens (tertiary/aromatic N) is 1. The largest absolute Gasteiger partial charge is 0.481 e. The summed E-state index contributed by atoms with van der Waals surface area (Å²) in [4.78, 5) is 37.3. The van der Waals surface area contributed by atoms with Gasteiger partial charge in [0.15, 0.2) is 0 Å². The first-order chi connectivity index (χ1) is 16.6. The first kappa shape index (κ1) is 24.6. The number of carboxylic acid groups (broad SMARTS) is 1. The third-order valence-corrected chi connectivity index (χ3v) is 6.69. The second kappa shape index (κ2) is 9.59. The van der Waals surface area contributed by atoms with Gasteiger partial charge in [0.1, 0.15) is 6.61 Å². The number of alkyl carbamates (subject to hydrolysis) is 1. The van der Waals surface area contributed by atoms with Crippen LogP contribution in [0.2, 0.25) is 0 Å². The molecule has 1 unspecified atom stereocenters. The molecule has 10 heteroatoms. The van der Waals surface area contributed by atoms with E-state index in [-0.39, 0.29) is 31.9 Å². The summed E-state index contributed by atoms with van der Waals surface area (Å²) in [5, 5.41) is 10.8. The molecule has 0 bridgehead atoms. The van der Waals surface area contributed by atoms with Crippen molar-refractivity contribution in [1.29, 1.82) is 0 Å². The maximum Gasteiger partial charge on any atom is 0.417 e. The molecule has 0 radical (unpaired) electrons. The normalized spacial score (nSPS) is 20.5. The zero-order chi connectivity index (χ0) is 25.3. The van der Waals surface area contributed by atoms with Crippen molar-refractivity contribution in [3.05, 3.63) is 59.7 Å². The molecule has 186 valence electrons. The minimum atomic E-state index is -5.05. The van der Waals surface area contributed by atoms with E-state index < -0.39 is 42.1 Å². The van der Waals surface area contributed by atoms with Gasteiger partial charge in [-0.2, -0.15) is 13.2 Å². The van der Waals surface area contributed by atoms with Gasteiger partial charge in [-0.15, -0.1) is 0 Å². The molecular formula is C25H25F3N2O5. The lowest BCUT2D eigenvalue weighted by Crippen LogP contribution is -2.59. The number of ether oxygens (including phenoxy) is 1. The number of alkyl halides is 3. The van der Waals surface area contributed by atoms with E-state index in [4.69, 9.17) is 9.84 Å². The number of rotatable bonds is 5. The highest BCUT2D eigenvalue weighted by Gasteiger charge is 2.49. The Bertz CT molecular complexity index is 1090. The molecule has 1 fully saturated rings. The molecule has 2 aliphatic rings. The number of likely N-dealkylation sites (tertiary alicyclic amines) is 1. The molecule has 35 heavy (non-hydrogen) atoms. The lowest BCUT2D eigenvalue weighted by Gasteiger charge is -2.38. The van der Waals surface area contributed by atoms with Gasteiger partial charge in [0, 0.05) is 18.5 Å². The number of hydrogen-bond donors (Lipinski definition) is 2. The Morgan fingerprint density at radius 2 is 1.66 bits per heavy atom. The minimum Gasteiger partial charge on any atom is -0.481 e. The Morgan fingerprint density at radius 3 is 2.17 bits per heavy atom. The number of hydrogen-bond acceptors (Lipinski definition) is 4. The molecule has 2 N–H and O–H groups in total. The van der Waals surface area contributed by atoms with E-state index in [9.17, 15) is 27.6 Å². The SMILES string of the molecule is C[C@@H]1C[C@H](C(=O)O)CCN1C(=O)C(NC(=O)OCC1c2ccccc2-c2ccccc21)C(F)(F)F. The number of carboxylic acids is 1. The number of piperidine rings is 1. The number of amides is 2. The molecule has 0 aromatic heterocycles. The van der Waals surface area contributed by atoms with Crippen molar-refractivity contribution >= 4 is 18.0 Å². The number of halogens is 3. The van der Waals surface area contributed by atoms with Crippen LogP contribution < -0.4 is 5.32 Å². The van der Waals surface area contributed by atoms with Crippen LogP contribution in [0, 0.1) is 5.92 Å². The molecule has 2 amide bonds. The first-order valence-electron chi connectivity index (χ1n) is 11.3. The lowest BCUT2D eigenvalue weighted by atomic mass is 9.91. The first-order valence-corrected chi connectivity index (χ1v) is 11.3. The van der Waals surface area contributed by atoms with Gasteiger partial charge in [0.05, 0.1) is 5.92 Å². The third-order valence-electron chi connectivity index (χ3n) is 6.69. The molecule has 1 aliphatic carbocycles. The van der Waals surface area contributed by atoms with Crippen LogP contribution in [0.4, 0.5) is 18.0 Å². The van der Waals surface area contributed by atoms with E-state index in [0.29, 0.717) is 0 Å². The predicted octanol–water partition coefficient (Wildman–Crippen LogP) is 4.17. The van der Waals surface area contributed by atoms with Crippen LogP contribution in [-0.4, -0.2) is 59.4 Å². The Hall–Kier alpha value is -3.56. The highest BCUT2D eigenvalue weighted by Crippen LogP contribution is 2.44. The number of carbonyl (C=O) groups is 3. The van der Waals surface area contributed by atoms with E-state index in [1.807, 2.05) is 48.5 Å². The van der Waals surface area contributed by atoms with Crippen LogP contribution in [-0.2, 0) is 14.3 Å². The Labute approximate surface area is 199 Å². The van der Waals surface area contributed by atoms with Crippen molar-refractivity contribution < 1.29 is 37.4 Å². The summed E-state index contributed by atoms with van der Waals surface area (Å²) in [6, 6.07) is 11.6. The van der Waals surface area contributed by atoms with E-state index in [0.717, 1.165) is 27.2 Å². The van der Waals surface area contributed by atoms with Gasteiger partial charge in [0.2, 0.25) is 6.04 Å². The molecular weight excluding hydrogens is 465 g/mol. The summed E-state index contributed by atoms with van der Waals surface area (Å²) in [7, 11) is 0. The molecule has 1 heterocycles. The minimum absolute atomic E-state index is 0.0383. The molecule has 3 atom stereocenters. The summed E-state index contributed by atoms with van der Waals surface area (Å²) in [5.74, 6) is -3.45. The molecule has 1 saturated heterocycles. The van der Waals surface area contributed by atoms with Crippen LogP contribution in [0.15, 0.2) is 48.5 Å². The predicted molar refractivity (Wildman–Crippen MR) is 120 cm³/mol. The van der Waals surface area contributed by atoms with Gasteiger partial charge in [0.25, 0.3) is 5.91 Å². The number of nitrogens with one attached hydrogen (secondary N) is 1. The van der Waals surface area contributed by atoms with Crippen LogP contribution in [0.3, 0.4) is 0 Å². The van der Waals surface area contributed by atoms with Crippen LogP contribution in [0.5, 0.6) is 0 Å². The number of benzene rings is 2. The van der Waals surface area contributed by atoms with Crippen molar-refractivity contribution in [2.45, 2.75) is 43.9 Å². The molecule has 4 rings (SSSR count). The zero-order valence-corrected chi connectivity index (χ0v) is 18.9. The van der Waals surface area contributed by atoms with Gasteiger partial charge >= 0.3 is 18.2 Å². The average molecular weight is 490 g/mol. The summed E-state index contributed by atoms with van der Waals surface area (Å²) in [5.41, 5.74) is 3.75. The van der Waals surface area contributed by atoms with E-state index in [1.165, 1.54) is 6.92 Å². The van der Waals surface area contributed by atoms with Gasteiger partial charge in [-0.05, 0) is 42.0 Å². The van der Waals surface area contributed by atoms with E-state index >= 15 is 0 Å². The van der Waals surface area contributed by atoms with Crippen molar-refractivity contribution in [2.24, 2.45) is 5.92 Å². The quantitative estimate of drug-likeness (QED) is 0.656. The number of aliphatic carboxylic acids is 1. The smallest absolute Gasteiger partial charge is 0.417 e. The van der Waals surface area contributed by atoms with Gasteiger partial charge in [-0.3, -0.25) is 9.59 Å². The van der Waals surface area contributed by atoms with Crippen molar-refractivity contribution in [1.82, 2.24) is 10.2 Å². The average Bonchev–Trinajstić information content (AvgIpc) is 3.13. The Morgan fingerprint density at radius 1 is 1.09 bits per heavy atom. The van der Waals surface area contributed by atoms with Crippen molar-refractivity contribution in [3.63, 3.8) is 0 Å². The lowest BCUT2D eigenvalue weighted by molar-refractivity contribution is -0.177. The molecule has 0 saturated carbocycles. The van der Waals surface area contributed by atoms with E-state index in [2.05, 4.69) is 0 Å². The molecule has 7 nitrogen and oxygen atoms in total. The fraction of sp³-hybridized carbons (Fsp3) is 0.400. The maximum absolute atomic E-state index is 13.7. The van der Waals surface area contributed by atoms with Crippen molar-refractivity contribution in [2.75, 3.05) is 13.2 Å². The maximum atomic E-state index is 13.7. The highest BCUT2D eigenvalue weighted by atomic mass is 19.4. The van der Waals surface area contributed by atoms with Gasteiger partial charge < -0.3 is 20.1 Å². The molecule has 0 spiro atoms. The van der Waals surface area contributed by atoms with E-state index in [1.54, 1.807) is 5.32 Å². The monoisotopic (exact) mass is 490 g/mol. The zero-order valence-electron chi connectivity index (χ0n) is 18.9. The molecule has 1 aliphatic heterocycles. The second-order valence-electron chi connectivity index (χ2n) is 8.88. The third kappa shape index (κ3) is 4.96. The Kier molecular flexibility index (Phi) is 6.73. The summed E-state index contributed by atoms with van der Waals surface area (Å²) < 4.78 is 46.4. The Balaban J connectivity index is 1.44. The van der Waals surface area contributed by atoms with Crippen LogP contribution in [0.25, 0.3) is 11.1 Å². The summed E-state index contributed by atoms with van der Waals surface area (Å²) in [6.45, 7) is 1.16. The van der Waals surface area contributed by atoms with Gasteiger partial charge in [-0.1, -0.05) is 48.5 Å². The topological polar surface area (TPSA) is 95.9 Å². The standard InChI is InChI=1S/C25H25F3N2O5/c1-14-12-15(23(32)33)10-11-30(14)22(31)21(25(26,27)28)29-24(34)35-13-20-18-8-4-2-6-16(18)17-7-3-5-9-19(17)20/h2-9,14-15,20-21H,10-13H2,1H3,(H,29,34)(H,32,33)/t14-,15-,21?/m1/s1. The number of fused-ring (bicyclic) bond motifs is 3. The number of carbonyl (C=O) groups excluding carboxylic acids is 2. The summed E-state index contributed by atoms with van der Waals surface area (Å²) in [6.07, 6.45) is -6.32.